The molecule has 17 heavy (non-hydrogen) atoms. The van der Waals surface area contributed by atoms with Crippen molar-refractivity contribution >= 4 is 5.97 Å². The van der Waals surface area contributed by atoms with Crippen LogP contribution in [0.5, 0.6) is 0 Å². The molecule has 1 unspecified atom stereocenters. The molecule has 0 heterocycles. The van der Waals surface area contributed by atoms with E-state index in [1.54, 1.807) is 14.0 Å². The summed E-state index contributed by atoms with van der Waals surface area (Å²) >= 11 is 0. The van der Waals surface area contributed by atoms with Crippen LogP contribution in [0.2, 0.25) is 0 Å². The van der Waals surface area contributed by atoms with Crippen LogP contribution < -0.4 is 0 Å². The topological polar surface area (TPSA) is 59.0 Å². The van der Waals surface area contributed by atoms with E-state index in [0.717, 1.165) is 19.5 Å². The number of rotatable bonds is 11. The Balaban J connectivity index is 3.57. The van der Waals surface area contributed by atoms with Gasteiger partial charge in [-0.15, -0.1) is 0 Å². The van der Waals surface area contributed by atoms with Gasteiger partial charge in [-0.25, -0.2) is 0 Å². The van der Waals surface area contributed by atoms with Crippen molar-refractivity contribution in [2.45, 2.75) is 20.3 Å². The fraction of sp³-hybridized carbons (Fsp3) is 0.917. The molecular weight excluding hydrogens is 222 g/mol. The summed E-state index contributed by atoms with van der Waals surface area (Å²) in [7, 11) is 1.65. The number of carboxylic acids is 1. The highest BCUT2D eigenvalue weighted by atomic mass is 16.5. The van der Waals surface area contributed by atoms with Crippen LogP contribution in [0.25, 0.3) is 0 Å². The molecule has 0 bridgehead atoms. The van der Waals surface area contributed by atoms with Gasteiger partial charge in [0.25, 0.3) is 0 Å². The quantitative estimate of drug-likeness (QED) is 0.554. The minimum Gasteiger partial charge on any atom is -0.481 e. The Morgan fingerprint density at radius 2 is 2.06 bits per heavy atom. The van der Waals surface area contributed by atoms with Gasteiger partial charge in [0.15, 0.2) is 0 Å². The molecule has 0 aliphatic heterocycles. The molecule has 0 rings (SSSR count). The smallest absolute Gasteiger partial charge is 0.307 e. The van der Waals surface area contributed by atoms with E-state index in [1.807, 2.05) is 6.92 Å². The maximum Gasteiger partial charge on any atom is 0.307 e. The van der Waals surface area contributed by atoms with Crippen LogP contribution in [-0.4, -0.2) is 62.5 Å². The predicted octanol–water partition coefficient (Wildman–Crippen LogP) is 1.08. The SMILES string of the molecule is CCN(CCCOCCOC)CC(C)C(=O)O. The van der Waals surface area contributed by atoms with Gasteiger partial charge in [0, 0.05) is 26.8 Å². The minimum atomic E-state index is -0.736. The van der Waals surface area contributed by atoms with E-state index in [4.69, 9.17) is 14.6 Å². The van der Waals surface area contributed by atoms with E-state index >= 15 is 0 Å². The molecule has 5 heteroatoms. The Bertz CT molecular complexity index is 199. The highest BCUT2D eigenvalue weighted by molar-refractivity contribution is 5.69. The Hall–Kier alpha value is -0.650. The zero-order valence-electron chi connectivity index (χ0n) is 11.1. The first-order chi connectivity index (χ1) is 8.11. The van der Waals surface area contributed by atoms with E-state index < -0.39 is 5.97 Å². The van der Waals surface area contributed by atoms with Gasteiger partial charge in [0.1, 0.15) is 0 Å². The van der Waals surface area contributed by atoms with Crippen molar-refractivity contribution in [3.05, 3.63) is 0 Å². The summed E-state index contributed by atoms with van der Waals surface area (Å²) in [5.41, 5.74) is 0. The number of methoxy groups -OCH3 is 1. The summed E-state index contributed by atoms with van der Waals surface area (Å²) in [6.07, 6.45) is 0.921. The van der Waals surface area contributed by atoms with Gasteiger partial charge in [-0.2, -0.15) is 0 Å². The molecule has 102 valence electrons. The lowest BCUT2D eigenvalue weighted by atomic mass is 10.1. The second-order valence-electron chi connectivity index (χ2n) is 4.09. The predicted molar refractivity (Wildman–Crippen MR) is 66.2 cm³/mol. The Morgan fingerprint density at radius 1 is 1.35 bits per heavy atom. The summed E-state index contributed by atoms with van der Waals surface area (Å²) < 4.78 is 10.2. The van der Waals surface area contributed by atoms with Crippen LogP contribution in [0, 0.1) is 5.92 Å². The van der Waals surface area contributed by atoms with Crippen molar-refractivity contribution < 1.29 is 19.4 Å². The number of hydrogen-bond acceptors (Lipinski definition) is 4. The van der Waals surface area contributed by atoms with Gasteiger partial charge in [0.05, 0.1) is 19.1 Å². The first-order valence-electron chi connectivity index (χ1n) is 6.13. The van der Waals surface area contributed by atoms with Gasteiger partial charge in [-0.05, 0) is 13.0 Å². The van der Waals surface area contributed by atoms with Gasteiger partial charge in [0.2, 0.25) is 0 Å². The molecule has 0 aromatic heterocycles. The average Bonchev–Trinajstić information content (AvgIpc) is 2.31. The number of carbonyl (C=O) groups is 1. The van der Waals surface area contributed by atoms with Crippen molar-refractivity contribution in [2.75, 3.05) is 46.6 Å². The molecule has 0 amide bonds. The van der Waals surface area contributed by atoms with Crippen LogP contribution in [0.1, 0.15) is 20.3 Å². The molecular formula is C12H25NO4. The lowest BCUT2D eigenvalue weighted by Crippen LogP contribution is -2.33. The Morgan fingerprint density at radius 3 is 2.59 bits per heavy atom. The van der Waals surface area contributed by atoms with Crippen molar-refractivity contribution in [1.29, 1.82) is 0 Å². The van der Waals surface area contributed by atoms with E-state index in [2.05, 4.69) is 4.90 Å². The third kappa shape index (κ3) is 9.09. The van der Waals surface area contributed by atoms with E-state index in [-0.39, 0.29) is 5.92 Å². The van der Waals surface area contributed by atoms with Crippen LogP contribution in [-0.2, 0) is 14.3 Å². The summed E-state index contributed by atoms with van der Waals surface area (Å²) in [6, 6.07) is 0. The van der Waals surface area contributed by atoms with Gasteiger partial charge < -0.3 is 19.5 Å². The van der Waals surface area contributed by atoms with Crippen molar-refractivity contribution in [3.63, 3.8) is 0 Å². The van der Waals surface area contributed by atoms with Gasteiger partial charge in [-0.1, -0.05) is 13.8 Å². The number of ether oxygens (including phenoxy) is 2. The number of nitrogens with zero attached hydrogens (tertiary/aromatic N) is 1. The first-order valence-corrected chi connectivity index (χ1v) is 6.13. The fourth-order valence-corrected chi connectivity index (χ4v) is 1.48. The molecule has 0 aliphatic rings. The summed E-state index contributed by atoms with van der Waals surface area (Å²) in [5.74, 6) is -1.05. The minimum absolute atomic E-state index is 0.315. The van der Waals surface area contributed by atoms with Gasteiger partial charge in [-0.3, -0.25) is 4.79 Å². The van der Waals surface area contributed by atoms with E-state index in [9.17, 15) is 4.79 Å². The van der Waals surface area contributed by atoms with Gasteiger partial charge >= 0.3 is 5.97 Å². The third-order valence-electron chi connectivity index (χ3n) is 2.60. The number of carboxylic acid groups (broad SMARTS) is 1. The zero-order chi connectivity index (χ0) is 13.1. The number of aliphatic carboxylic acids is 1. The van der Waals surface area contributed by atoms with E-state index in [1.165, 1.54) is 0 Å². The van der Waals surface area contributed by atoms with Crippen LogP contribution >= 0.6 is 0 Å². The zero-order valence-corrected chi connectivity index (χ0v) is 11.1. The van der Waals surface area contributed by atoms with Crippen LogP contribution in [0.4, 0.5) is 0 Å². The molecule has 0 spiro atoms. The second kappa shape index (κ2) is 10.5. The normalized spacial score (nSPS) is 12.9. The standard InChI is InChI=1S/C12H25NO4/c1-4-13(10-11(2)12(14)15)6-5-7-17-9-8-16-3/h11H,4-10H2,1-3H3,(H,14,15). The molecule has 0 aromatic carbocycles. The molecule has 0 saturated carbocycles. The van der Waals surface area contributed by atoms with Crippen molar-refractivity contribution in [2.24, 2.45) is 5.92 Å². The van der Waals surface area contributed by atoms with Crippen molar-refractivity contribution in [3.8, 4) is 0 Å². The molecule has 0 radical (unpaired) electrons. The summed E-state index contributed by atoms with van der Waals surface area (Å²) in [6.45, 7) is 8.06. The molecule has 0 fully saturated rings. The molecule has 0 saturated heterocycles. The number of hydrogen-bond donors (Lipinski definition) is 1. The van der Waals surface area contributed by atoms with E-state index in [0.29, 0.717) is 26.4 Å². The molecule has 1 N–H and O–H groups in total. The Kier molecular flexibility index (Phi) is 10.1. The van der Waals surface area contributed by atoms with Crippen LogP contribution in [0.15, 0.2) is 0 Å². The molecule has 5 nitrogen and oxygen atoms in total. The maximum absolute atomic E-state index is 10.7. The maximum atomic E-state index is 10.7. The molecule has 0 aliphatic carbocycles. The first kappa shape index (κ1) is 16.4. The second-order valence-corrected chi connectivity index (χ2v) is 4.09. The van der Waals surface area contributed by atoms with Crippen LogP contribution in [0.3, 0.4) is 0 Å². The average molecular weight is 247 g/mol. The summed E-state index contributed by atoms with van der Waals surface area (Å²) in [4.78, 5) is 12.9. The Labute approximate surface area is 104 Å². The lowest BCUT2D eigenvalue weighted by molar-refractivity contribution is -0.141. The highest BCUT2D eigenvalue weighted by Gasteiger charge is 2.14. The monoisotopic (exact) mass is 247 g/mol. The fourth-order valence-electron chi connectivity index (χ4n) is 1.48. The lowest BCUT2D eigenvalue weighted by Gasteiger charge is -2.22. The van der Waals surface area contributed by atoms with Crippen molar-refractivity contribution in [1.82, 2.24) is 4.90 Å². The third-order valence-corrected chi connectivity index (χ3v) is 2.60. The molecule has 0 aromatic rings. The highest BCUT2D eigenvalue weighted by Crippen LogP contribution is 2.01. The molecule has 1 atom stereocenters. The largest absolute Gasteiger partial charge is 0.481 e. The summed E-state index contributed by atoms with van der Waals surface area (Å²) in [5, 5.41) is 8.83.